The summed E-state index contributed by atoms with van der Waals surface area (Å²) in [4.78, 5) is 8.54. The van der Waals surface area contributed by atoms with Crippen LogP contribution in [0.5, 0.6) is 23.0 Å². The van der Waals surface area contributed by atoms with Crippen LogP contribution in [0.4, 0.5) is 34.1 Å². The highest BCUT2D eigenvalue weighted by atomic mass is 32.2. The van der Waals surface area contributed by atoms with Crippen molar-refractivity contribution >= 4 is 45.0 Å². The molecule has 1 atom stereocenters. The Kier molecular flexibility index (Phi) is 6.21. The molecule has 268 valence electrons. The highest BCUT2D eigenvalue weighted by Gasteiger charge is 2.42. The lowest BCUT2D eigenvalue weighted by molar-refractivity contribution is 0.407. The minimum absolute atomic E-state index is 0.117. The molecule has 0 radical (unpaired) electrons. The molecule has 0 amide bonds. The summed E-state index contributed by atoms with van der Waals surface area (Å²) in [6, 6.07) is 51.5. The molecular formula is C50H40N2O2S. The van der Waals surface area contributed by atoms with E-state index in [1.54, 1.807) is 0 Å². The number of fused-ring (bicyclic) bond motifs is 10. The van der Waals surface area contributed by atoms with Gasteiger partial charge in [-0.2, -0.15) is 10.9 Å². The second-order valence-electron chi connectivity index (χ2n) is 16.5. The predicted octanol–water partition coefficient (Wildman–Crippen LogP) is 13.7. The Morgan fingerprint density at radius 1 is 0.473 bits per heavy atom. The van der Waals surface area contributed by atoms with Crippen molar-refractivity contribution in [1.82, 2.24) is 0 Å². The molecule has 7 aromatic carbocycles. The Labute approximate surface area is 325 Å². The molecule has 5 aliphatic rings. The van der Waals surface area contributed by atoms with E-state index in [1.165, 1.54) is 70.8 Å². The van der Waals surface area contributed by atoms with Gasteiger partial charge in [0, 0.05) is 44.1 Å². The molecule has 7 aromatic rings. The zero-order valence-electron chi connectivity index (χ0n) is 31.4. The number of thiol groups is 1. The SMILES string of the molecule is CC1(C)c2ccccc2N(c2ccc3c(c2)Oc2cc4c(c5c2[SH]3c2ccc(N3c6ccccc6C(C)(C)c6ccccc63)cc2O5)CC4)c2ccccc21. The molecule has 4 heterocycles. The molecule has 0 N–H and O–H groups in total. The molecule has 12 rings (SSSR count). The van der Waals surface area contributed by atoms with Crippen LogP contribution in [0.15, 0.2) is 154 Å². The fourth-order valence-corrected chi connectivity index (χ4v) is 12.6. The minimum Gasteiger partial charge on any atom is -0.455 e. The van der Waals surface area contributed by atoms with Gasteiger partial charge in [0.2, 0.25) is 0 Å². The average molecular weight is 733 g/mol. The largest absolute Gasteiger partial charge is 0.455 e. The molecule has 4 nitrogen and oxygen atoms in total. The summed E-state index contributed by atoms with van der Waals surface area (Å²) in [5, 5.41) is 0. The van der Waals surface area contributed by atoms with Crippen molar-refractivity contribution in [3.8, 4) is 23.0 Å². The van der Waals surface area contributed by atoms with Crippen LogP contribution < -0.4 is 19.3 Å². The number of aryl methyl sites for hydroxylation is 1. The number of hydrogen-bond acceptors (Lipinski definition) is 4. The quantitative estimate of drug-likeness (QED) is 0.179. The Morgan fingerprint density at radius 3 is 1.35 bits per heavy atom. The van der Waals surface area contributed by atoms with Crippen LogP contribution in [-0.2, 0) is 23.7 Å². The number of anilines is 6. The van der Waals surface area contributed by atoms with Crippen molar-refractivity contribution in [2.75, 3.05) is 9.80 Å². The lowest BCUT2D eigenvalue weighted by atomic mass is 9.73. The van der Waals surface area contributed by atoms with Crippen molar-refractivity contribution < 1.29 is 9.47 Å². The normalized spacial score (nSPS) is 18.7. The number of para-hydroxylation sites is 4. The van der Waals surface area contributed by atoms with Crippen molar-refractivity contribution in [3.05, 3.63) is 173 Å². The third-order valence-electron chi connectivity index (χ3n) is 12.9. The average Bonchev–Trinajstić information content (AvgIpc) is 3.19. The maximum absolute atomic E-state index is 7.07. The van der Waals surface area contributed by atoms with E-state index in [4.69, 9.17) is 9.47 Å². The van der Waals surface area contributed by atoms with Gasteiger partial charge in [-0.25, -0.2) is 0 Å². The summed E-state index contributed by atoms with van der Waals surface area (Å²) in [6.45, 7) is 9.35. The molecule has 0 fully saturated rings. The van der Waals surface area contributed by atoms with Crippen LogP contribution >= 0.6 is 10.9 Å². The first-order valence-electron chi connectivity index (χ1n) is 19.4. The van der Waals surface area contributed by atoms with Crippen molar-refractivity contribution in [1.29, 1.82) is 0 Å². The summed E-state index contributed by atoms with van der Waals surface area (Å²) < 4.78 is 14.0. The first-order chi connectivity index (χ1) is 26.8. The highest BCUT2D eigenvalue weighted by Crippen LogP contribution is 2.71. The van der Waals surface area contributed by atoms with Gasteiger partial charge in [-0.1, -0.05) is 100 Å². The number of ether oxygens (including phenoxy) is 2. The van der Waals surface area contributed by atoms with E-state index in [-0.39, 0.29) is 10.8 Å². The zero-order valence-corrected chi connectivity index (χ0v) is 32.2. The van der Waals surface area contributed by atoms with Crippen LogP contribution in [0.3, 0.4) is 0 Å². The Morgan fingerprint density at radius 2 is 0.909 bits per heavy atom. The molecule has 0 saturated carbocycles. The van der Waals surface area contributed by atoms with Gasteiger partial charge in [0.05, 0.1) is 27.6 Å². The van der Waals surface area contributed by atoms with Gasteiger partial charge in [-0.05, 0) is 101 Å². The van der Waals surface area contributed by atoms with Crippen molar-refractivity contribution in [2.24, 2.45) is 0 Å². The monoisotopic (exact) mass is 732 g/mol. The van der Waals surface area contributed by atoms with Gasteiger partial charge in [0.25, 0.3) is 0 Å². The smallest absolute Gasteiger partial charge is 0.147 e. The fraction of sp³-hybridized carbons (Fsp3) is 0.160. The molecule has 4 aliphatic heterocycles. The molecule has 0 bridgehead atoms. The Hall–Kier alpha value is -5.91. The van der Waals surface area contributed by atoms with Gasteiger partial charge in [-0.15, -0.1) is 0 Å². The third-order valence-corrected chi connectivity index (χ3v) is 15.4. The zero-order chi connectivity index (χ0) is 36.8. The van der Waals surface area contributed by atoms with Crippen LogP contribution in [0.25, 0.3) is 0 Å². The number of rotatable bonds is 2. The Balaban J connectivity index is 1.02. The summed E-state index contributed by atoms with van der Waals surface area (Å²) in [7, 11) is -0.934. The number of hydrogen-bond donors (Lipinski definition) is 1. The molecular weight excluding hydrogens is 693 g/mol. The van der Waals surface area contributed by atoms with Crippen LogP contribution in [0, 0.1) is 0 Å². The maximum atomic E-state index is 7.07. The summed E-state index contributed by atoms with van der Waals surface area (Å²) in [5.74, 6) is 3.84. The molecule has 0 aromatic heterocycles. The van der Waals surface area contributed by atoms with E-state index in [2.05, 4.69) is 177 Å². The first kappa shape index (κ1) is 31.4. The van der Waals surface area contributed by atoms with E-state index in [1.807, 2.05) is 0 Å². The molecule has 1 aliphatic carbocycles. The van der Waals surface area contributed by atoms with Crippen LogP contribution in [-0.4, -0.2) is 0 Å². The maximum Gasteiger partial charge on any atom is 0.147 e. The topological polar surface area (TPSA) is 24.9 Å². The third kappa shape index (κ3) is 4.14. The van der Waals surface area contributed by atoms with Crippen molar-refractivity contribution in [2.45, 2.75) is 66.1 Å². The summed E-state index contributed by atoms with van der Waals surface area (Å²) in [5.41, 5.74) is 14.8. The van der Waals surface area contributed by atoms with E-state index in [0.29, 0.717) is 0 Å². The summed E-state index contributed by atoms with van der Waals surface area (Å²) in [6.07, 6.45) is 2.09. The minimum atomic E-state index is -0.934. The molecule has 0 spiro atoms. The van der Waals surface area contributed by atoms with Gasteiger partial charge in [0.1, 0.15) is 23.0 Å². The lowest BCUT2D eigenvalue weighted by Crippen LogP contribution is -2.30. The van der Waals surface area contributed by atoms with E-state index in [0.717, 1.165) is 47.2 Å². The number of nitrogens with zero attached hydrogens (tertiary/aromatic N) is 2. The van der Waals surface area contributed by atoms with Crippen LogP contribution in [0.2, 0.25) is 0 Å². The highest BCUT2D eigenvalue weighted by molar-refractivity contribution is 8.17. The molecule has 1 unspecified atom stereocenters. The van der Waals surface area contributed by atoms with Gasteiger partial charge in [-0.3, -0.25) is 0 Å². The molecule has 55 heavy (non-hydrogen) atoms. The van der Waals surface area contributed by atoms with E-state index < -0.39 is 10.9 Å². The fourth-order valence-electron chi connectivity index (χ4n) is 10.0. The van der Waals surface area contributed by atoms with E-state index >= 15 is 0 Å². The van der Waals surface area contributed by atoms with Crippen LogP contribution in [0.1, 0.15) is 61.1 Å². The standard InChI is InChI=1S/C50H40N2O2S/c1-49(2)34-13-5-9-17-38(34)51(39-18-10-6-14-35(39)49)31-22-25-45-42(28-31)53-44-27-30-21-24-33(30)47-48(44)55(45)46-26-23-32(29-43(46)54-47)52-40-19-11-7-15-36(40)50(3,4)37-16-8-12-20-41(37)52/h5-20,22-23,25-29,55H,21,24H2,1-4H3. The van der Waals surface area contributed by atoms with Gasteiger partial charge < -0.3 is 19.3 Å². The van der Waals surface area contributed by atoms with E-state index in [9.17, 15) is 0 Å². The van der Waals surface area contributed by atoms with Gasteiger partial charge >= 0.3 is 0 Å². The number of benzene rings is 7. The lowest BCUT2D eigenvalue weighted by Gasteiger charge is -2.43. The second-order valence-corrected chi connectivity index (χ2v) is 18.6. The predicted molar refractivity (Wildman–Crippen MR) is 224 cm³/mol. The van der Waals surface area contributed by atoms with Gasteiger partial charge in [0.15, 0.2) is 0 Å². The molecule has 5 heteroatoms. The second kappa shape index (κ2) is 10.9. The summed E-state index contributed by atoms with van der Waals surface area (Å²) >= 11 is 0. The first-order valence-corrected chi connectivity index (χ1v) is 20.7. The van der Waals surface area contributed by atoms with Crippen molar-refractivity contribution in [3.63, 3.8) is 0 Å². The Bertz CT molecular complexity index is 2710. The molecule has 0 saturated heterocycles.